The first-order valence-corrected chi connectivity index (χ1v) is 9.06. The number of ether oxygens (including phenoxy) is 1. The van der Waals surface area contributed by atoms with Crippen LogP contribution in [0, 0.1) is 11.8 Å². The van der Waals surface area contributed by atoms with Crippen LogP contribution in [0.15, 0.2) is 30.5 Å². The Morgan fingerprint density at radius 3 is 2.96 bits per heavy atom. The number of aromatic nitrogens is 1. The van der Waals surface area contributed by atoms with Gasteiger partial charge in [-0.25, -0.2) is 0 Å². The highest BCUT2D eigenvalue weighted by atomic mass is 16.5. The number of hydrogen-bond acceptors (Lipinski definition) is 4. The molecule has 2 bridgehead atoms. The van der Waals surface area contributed by atoms with Gasteiger partial charge in [-0.15, -0.1) is 0 Å². The summed E-state index contributed by atoms with van der Waals surface area (Å²) in [5, 5.41) is 12.2. The van der Waals surface area contributed by atoms with Crippen LogP contribution in [0.3, 0.4) is 0 Å². The Morgan fingerprint density at radius 1 is 1.38 bits per heavy atom. The van der Waals surface area contributed by atoms with Crippen LogP contribution in [0.25, 0.3) is 10.9 Å². The summed E-state index contributed by atoms with van der Waals surface area (Å²) in [4.78, 5) is 6.94. The number of pyridine rings is 1. The Hall–Kier alpha value is -1.65. The van der Waals surface area contributed by atoms with Gasteiger partial charge in [0.25, 0.3) is 0 Å². The van der Waals surface area contributed by atoms with Crippen LogP contribution in [-0.4, -0.2) is 41.2 Å². The summed E-state index contributed by atoms with van der Waals surface area (Å²) in [7, 11) is 1.67. The molecule has 1 N–H and O–H groups in total. The van der Waals surface area contributed by atoms with E-state index in [1.165, 1.54) is 12.8 Å². The topological polar surface area (TPSA) is 45.6 Å². The first-order chi connectivity index (χ1) is 11.7. The van der Waals surface area contributed by atoms with E-state index in [0.717, 1.165) is 53.6 Å². The number of hydrogen-bond donors (Lipinski definition) is 1. The third kappa shape index (κ3) is 2.58. The number of aliphatic hydroxyl groups is 1. The minimum Gasteiger partial charge on any atom is -0.497 e. The van der Waals surface area contributed by atoms with Crippen molar-refractivity contribution in [2.45, 2.75) is 38.3 Å². The van der Waals surface area contributed by atoms with Gasteiger partial charge in [0, 0.05) is 24.2 Å². The minimum absolute atomic E-state index is 0.225. The number of piperidine rings is 3. The molecule has 3 aliphatic rings. The molecule has 128 valence electrons. The summed E-state index contributed by atoms with van der Waals surface area (Å²) in [6, 6.07) is 8.07. The fourth-order valence-corrected chi connectivity index (χ4v) is 4.71. The Kier molecular flexibility index (Phi) is 4.19. The van der Waals surface area contributed by atoms with Gasteiger partial charge in [0.2, 0.25) is 0 Å². The molecule has 2 aromatic rings. The molecule has 0 saturated carbocycles. The molecule has 3 saturated heterocycles. The van der Waals surface area contributed by atoms with Gasteiger partial charge < -0.3 is 9.84 Å². The lowest BCUT2D eigenvalue weighted by Gasteiger charge is -2.51. The molecule has 5 atom stereocenters. The van der Waals surface area contributed by atoms with E-state index in [-0.39, 0.29) is 6.04 Å². The predicted molar refractivity (Wildman–Crippen MR) is 95.1 cm³/mol. The fraction of sp³-hybridized carbons (Fsp3) is 0.550. The van der Waals surface area contributed by atoms with Crippen LogP contribution in [0.2, 0.25) is 0 Å². The minimum atomic E-state index is -0.469. The van der Waals surface area contributed by atoms with Crippen LogP contribution in [0.4, 0.5) is 0 Å². The normalized spacial score (nSPS) is 30.5. The van der Waals surface area contributed by atoms with E-state index in [2.05, 4.69) is 16.8 Å². The van der Waals surface area contributed by atoms with Crippen molar-refractivity contribution in [2.24, 2.45) is 11.8 Å². The second kappa shape index (κ2) is 6.34. The van der Waals surface area contributed by atoms with Crippen molar-refractivity contribution >= 4 is 10.9 Å². The third-order valence-electron chi connectivity index (χ3n) is 6.13. The first kappa shape index (κ1) is 15.9. The molecule has 0 spiro atoms. The van der Waals surface area contributed by atoms with Crippen molar-refractivity contribution < 1.29 is 9.84 Å². The zero-order valence-corrected chi connectivity index (χ0v) is 14.5. The van der Waals surface area contributed by atoms with E-state index in [1.807, 2.05) is 24.3 Å². The van der Waals surface area contributed by atoms with E-state index >= 15 is 0 Å². The standard InChI is InChI=1S/C20H26N2O2/c1-3-13-12-22-9-7-14(13)10-19(22)20(23)16-6-8-21-18-5-4-15(24-2)11-17(16)18/h4-6,8,11,13-14,19-20,23H,3,7,9-10,12H2,1-2H3/t13-,14?,19+,20+/m0/s1. The van der Waals surface area contributed by atoms with Crippen molar-refractivity contribution in [3.63, 3.8) is 0 Å². The summed E-state index contributed by atoms with van der Waals surface area (Å²) < 4.78 is 5.36. The molecule has 4 heteroatoms. The van der Waals surface area contributed by atoms with Crippen molar-refractivity contribution in [2.75, 3.05) is 20.2 Å². The van der Waals surface area contributed by atoms with Gasteiger partial charge in [-0.1, -0.05) is 13.3 Å². The van der Waals surface area contributed by atoms with Gasteiger partial charge in [-0.05, 0) is 61.1 Å². The van der Waals surface area contributed by atoms with Crippen LogP contribution < -0.4 is 4.74 Å². The molecule has 0 radical (unpaired) electrons. The molecule has 3 aliphatic heterocycles. The summed E-state index contributed by atoms with van der Waals surface area (Å²) in [6.45, 7) is 4.55. The summed E-state index contributed by atoms with van der Waals surface area (Å²) in [5.74, 6) is 2.37. The molecule has 1 aromatic heterocycles. The molecular weight excluding hydrogens is 300 g/mol. The van der Waals surface area contributed by atoms with Crippen molar-refractivity contribution in [1.29, 1.82) is 0 Å². The van der Waals surface area contributed by atoms with Crippen LogP contribution in [-0.2, 0) is 0 Å². The molecule has 3 fully saturated rings. The number of fused-ring (bicyclic) bond motifs is 4. The van der Waals surface area contributed by atoms with E-state index in [4.69, 9.17) is 4.74 Å². The zero-order valence-electron chi connectivity index (χ0n) is 14.5. The third-order valence-corrected chi connectivity index (χ3v) is 6.13. The summed E-state index contributed by atoms with van der Waals surface area (Å²) >= 11 is 0. The molecule has 0 aliphatic carbocycles. The second-order valence-electron chi connectivity index (χ2n) is 7.24. The molecule has 4 nitrogen and oxygen atoms in total. The quantitative estimate of drug-likeness (QED) is 0.935. The van der Waals surface area contributed by atoms with E-state index in [9.17, 15) is 5.11 Å². The predicted octanol–water partition coefficient (Wildman–Crippen LogP) is 3.40. The van der Waals surface area contributed by atoms with Gasteiger partial charge >= 0.3 is 0 Å². The number of aliphatic hydroxyl groups excluding tert-OH is 1. The van der Waals surface area contributed by atoms with E-state index in [1.54, 1.807) is 13.3 Å². The summed E-state index contributed by atoms with van der Waals surface area (Å²) in [5.41, 5.74) is 1.89. The average Bonchev–Trinajstić information content (AvgIpc) is 2.66. The molecule has 1 aromatic carbocycles. The SMILES string of the molecule is CC[C@H]1CN2CCC1C[C@@H]2[C@H](O)c1ccnc2ccc(OC)cc12. The van der Waals surface area contributed by atoms with E-state index < -0.39 is 6.10 Å². The first-order valence-electron chi connectivity index (χ1n) is 9.06. The lowest BCUT2D eigenvalue weighted by atomic mass is 9.72. The maximum Gasteiger partial charge on any atom is 0.119 e. The second-order valence-corrected chi connectivity index (χ2v) is 7.24. The number of methoxy groups -OCH3 is 1. The smallest absolute Gasteiger partial charge is 0.119 e. The Balaban J connectivity index is 1.68. The van der Waals surface area contributed by atoms with Crippen LogP contribution in [0.5, 0.6) is 5.75 Å². The van der Waals surface area contributed by atoms with Gasteiger partial charge in [0.05, 0.1) is 18.7 Å². The van der Waals surface area contributed by atoms with Gasteiger partial charge in [0.1, 0.15) is 5.75 Å². The molecule has 24 heavy (non-hydrogen) atoms. The van der Waals surface area contributed by atoms with Crippen LogP contribution >= 0.6 is 0 Å². The molecule has 0 amide bonds. The Labute approximate surface area is 143 Å². The van der Waals surface area contributed by atoms with Crippen molar-refractivity contribution in [3.05, 3.63) is 36.0 Å². The maximum atomic E-state index is 11.2. The largest absolute Gasteiger partial charge is 0.497 e. The van der Waals surface area contributed by atoms with Gasteiger partial charge in [-0.2, -0.15) is 0 Å². The number of nitrogens with zero attached hydrogens (tertiary/aromatic N) is 2. The Bertz CT molecular complexity index is 733. The van der Waals surface area contributed by atoms with Gasteiger partial charge in [0.15, 0.2) is 0 Å². The van der Waals surface area contributed by atoms with Crippen molar-refractivity contribution in [3.8, 4) is 5.75 Å². The zero-order chi connectivity index (χ0) is 16.7. The lowest BCUT2D eigenvalue weighted by molar-refractivity contribution is -0.0562. The van der Waals surface area contributed by atoms with Crippen LogP contribution in [0.1, 0.15) is 37.9 Å². The highest BCUT2D eigenvalue weighted by molar-refractivity contribution is 5.83. The highest BCUT2D eigenvalue weighted by Crippen LogP contribution is 2.42. The average molecular weight is 326 g/mol. The van der Waals surface area contributed by atoms with Crippen molar-refractivity contribution in [1.82, 2.24) is 9.88 Å². The highest BCUT2D eigenvalue weighted by Gasteiger charge is 2.42. The van der Waals surface area contributed by atoms with E-state index in [0.29, 0.717) is 0 Å². The fourth-order valence-electron chi connectivity index (χ4n) is 4.71. The monoisotopic (exact) mass is 326 g/mol. The molecule has 5 rings (SSSR count). The number of benzene rings is 1. The lowest BCUT2D eigenvalue weighted by Crippen LogP contribution is -2.55. The molecular formula is C20H26N2O2. The summed E-state index contributed by atoms with van der Waals surface area (Å²) in [6.07, 6.45) is 4.97. The van der Waals surface area contributed by atoms with Gasteiger partial charge in [-0.3, -0.25) is 9.88 Å². The molecule has 4 heterocycles. The molecule has 2 unspecified atom stereocenters. The Morgan fingerprint density at radius 2 is 2.25 bits per heavy atom. The maximum absolute atomic E-state index is 11.2. The number of rotatable bonds is 4.